The molecule has 2 rings (SSSR count). The van der Waals surface area contributed by atoms with E-state index in [1.54, 1.807) is 4.90 Å². The van der Waals surface area contributed by atoms with E-state index in [4.69, 9.17) is 4.74 Å². The molecule has 1 amide bonds. The molecule has 1 aliphatic rings. The van der Waals surface area contributed by atoms with Gasteiger partial charge >= 0.3 is 6.09 Å². The third-order valence-corrected chi connectivity index (χ3v) is 2.84. The van der Waals surface area contributed by atoms with Crippen molar-refractivity contribution in [1.29, 1.82) is 0 Å². The van der Waals surface area contributed by atoms with Crippen molar-refractivity contribution in [3.05, 3.63) is 17.5 Å². The quantitative estimate of drug-likeness (QED) is 0.813. The SMILES string of the molecule is Cc1n[nH]cc1C1CN(C(=O)OC(C)(C)C)C1. The van der Waals surface area contributed by atoms with E-state index in [0.29, 0.717) is 5.92 Å². The highest BCUT2D eigenvalue weighted by Crippen LogP contribution is 2.29. The van der Waals surface area contributed by atoms with Crippen LogP contribution in [0.1, 0.15) is 37.9 Å². The maximum atomic E-state index is 11.7. The van der Waals surface area contributed by atoms with Gasteiger partial charge in [-0.15, -0.1) is 0 Å². The van der Waals surface area contributed by atoms with Gasteiger partial charge < -0.3 is 9.64 Å². The minimum atomic E-state index is -0.423. The van der Waals surface area contributed by atoms with Gasteiger partial charge in [-0.1, -0.05) is 0 Å². The fourth-order valence-electron chi connectivity index (χ4n) is 1.93. The fourth-order valence-corrected chi connectivity index (χ4v) is 1.93. The molecule has 1 aliphatic heterocycles. The summed E-state index contributed by atoms with van der Waals surface area (Å²) in [6.45, 7) is 9.04. The van der Waals surface area contributed by atoms with Crippen molar-refractivity contribution in [2.45, 2.75) is 39.2 Å². The van der Waals surface area contributed by atoms with Crippen LogP contribution in [0.3, 0.4) is 0 Å². The summed E-state index contributed by atoms with van der Waals surface area (Å²) in [5.74, 6) is 0.390. The van der Waals surface area contributed by atoms with Crippen LogP contribution in [0, 0.1) is 6.92 Å². The van der Waals surface area contributed by atoms with E-state index >= 15 is 0 Å². The summed E-state index contributed by atoms with van der Waals surface area (Å²) < 4.78 is 5.30. The molecule has 1 aromatic heterocycles. The molecule has 0 radical (unpaired) electrons. The Kier molecular flexibility index (Phi) is 2.85. The zero-order valence-corrected chi connectivity index (χ0v) is 10.8. The molecular weight excluding hydrogens is 218 g/mol. The Balaban J connectivity index is 1.87. The van der Waals surface area contributed by atoms with Gasteiger partial charge in [0.25, 0.3) is 0 Å². The Morgan fingerprint density at radius 3 is 2.65 bits per heavy atom. The van der Waals surface area contributed by atoms with Crippen LogP contribution in [-0.4, -0.2) is 39.9 Å². The van der Waals surface area contributed by atoms with E-state index in [2.05, 4.69) is 10.2 Å². The zero-order chi connectivity index (χ0) is 12.6. The highest BCUT2D eigenvalue weighted by molar-refractivity contribution is 5.69. The molecule has 5 nitrogen and oxygen atoms in total. The van der Waals surface area contributed by atoms with Gasteiger partial charge in [0.15, 0.2) is 0 Å². The van der Waals surface area contributed by atoms with Gasteiger partial charge in [-0.25, -0.2) is 4.79 Å². The molecule has 17 heavy (non-hydrogen) atoms. The Morgan fingerprint density at radius 1 is 1.53 bits per heavy atom. The van der Waals surface area contributed by atoms with Crippen molar-refractivity contribution in [3.8, 4) is 0 Å². The second kappa shape index (κ2) is 4.05. The lowest BCUT2D eigenvalue weighted by Crippen LogP contribution is -2.50. The summed E-state index contributed by atoms with van der Waals surface area (Å²) in [6, 6.07) is 0. The summed E-state index contributed by atoms with van der Waals surface area (Å²) in [4.78, 5) is 13.4. The number of aryl methyl sites for hydroxylation is 1. The number of hydrogen-bond donors (Lipinski definition) is 1. The number of aromatic amines is 1. The first-order chi connectivity index (χ1) is 7.87. The third kappa shape index (κ3) is 2.60. The predicted octanol–water partition coefficient (Wildman–Crippen LogP) is 2.05. The first-order valence-corrected chi connectivity index (χ1v) is 5.85. The molecule has 1 N–H and O–H groups in total. The Morgan fingerprint density at radius 2 is 2.18 bits per heavy atom. The second-order valence-corrected chi connectivity index (χ2v) is 5.51. The van der Waals surface area contributed by atoms with Crippen molar-refractivity contribution >= 4 is 6.09 Å². The van der Waals surface area contributed by atoms with Crippen LogP contribution in [0.15, 0.2) is 6.20 Å². The maximum absolute atomic E-state index is 11.7. The lowest BCUT2D eigenvalue weighted by molar-refractivity contribution is 0.00814. The van der Waals surface area contributed by atoms with Gasteiger partial charge in [0.1, 0.15) is 5.60 Å². The van der Waals surface area contributed by atoms with Crippen LogP contribution < -0.4 is 0 Å². The number of nitrogens with one attached hydrogen (secondary N) is 1. The van der Waals surface area contributed by atoms with Gasteiger partial charge in [0.05, 0.1) is 5.69 Å². The number of likely N-dealkylation sites (tertiary alicyclic amines) is 1. The molecule has 2 heterocycles. The second-order valence-electron chi connectivity index (χ2n) is 5.51. The highest BCUT2D eigenvalue weighted by Gasteiger charge is 2.35. The zero-order valence-electron chi connectivity index (χ0n) is 10.8. The summed E-state index contributed by atoms with van der Waals surface area (Å²) in [5.41, 5.74) is 1.79. The molecular formula is C12H19N3O2. The van der Waals surface area contributed by atoms with Gasteiger partial charge in [0, 0.05) is 25.2 Å². The minimum Gasteiger partial charge on any atom is -0.444 e. The molecule has 0 saturated carbocycles. The van der Waals surface area contributed by atoms with Gasteiger partial charge in [0.2, 0.25) is 0 Å². The Labute approximate surface area is 101 Å². The van der Waals surface area contributed by atoms with Gasteiger partial charge in [-0.3, -0.25) is 5.10 Å². The molecule has 5 heteroatoms. The van der Waals surface area contributed by atoms with Gasteiger partial charge in [-0.2, -0.15) is 5.10 Å². The van der Waals surface area contributed by atoms with Crippen LogP contribution >= 0.6 is 0 Å². The molecule has 1 aromatic rings. The summed E-state index contributed by atoms with van der Waals surface area (Å²) in [5, 5.41) is 6.93. The summed E-state index contributed by atoms with van der Waals surface area (Å²) >= 11 is 0. The lowest BCUT2D eigenvalue weighted by atomic mass is 9.92. The van der Waals surface area contributed by atoms with Crippen LogP contribution in [-0.2, 0) is 4.74 Å². The molecule has 0 aromatic carbocycles. The number of carbonyl (C=O) groups is 1. The molecule has 0 bridgehead atoms. The highest BCUT2D eigenvalue weighted by atomic mass is 16.6. The lowest BCUT2D eigenvalue weighted by Gasteiger charge is -2.39. The van der Waals surface area contributed by atoms with Crippen LogP contribution in [0.2, 0.25) is 0 Å². The first kappa shape index (κ1) is 12.0. The minimum absolute atomic E-state index is 0.227. The molecule has 0 atom stereocenters. The predicted molar refractivity (Wildman–Crippen MR) is 63.9 cm³/mol. The Bertz CT molecular complexity index is 414. The average molecular weight is 237 g/mol. The first-order valence-electron chi connectivity index (χ1n) is 5.85. The van der Waals surface area contributed by atoms with Crippen LogP contribution in [0.4, 0.5) is 4.79 Å². The number of aromatic nitrogens is 2. The number of ether oxygens (including phenoxy) is 1. The molecule has 1 fully saturated rings. The number of rotatable bonds is 1. The molecule has 1 saturated heterocycles. The van der Waals surface area contributed by atoms with E-state index in [1.165, 1.54) is 5.56 Å². The van der Waals surface area contributed by atoms with Crippen LogP contribution in [0.5, 0.6) is 0 Å². The van der Waals surface area contributed by atoms with Crippen molar-refractivity contribution in [3.63, 3.8) is 0 Å². The number of nitrogens with zero attached hydrogens (tertiary/aromatic N) is 2. The van der Waals surface area contributed by atoms with Crippen molar-refractivity contribution in [2.24, 2.45) is 0 Å². The monoisotopic (exact) mass is 237 g/mol. The smallest absolute Gasteiger partial charge is 0.410 e. The van der Waals surface area contributed by atoms with Crippen molar-refractivity contribution in [2.75, 3.05) is 13.1 Å². The number of carbonyl (C=O) groups excluding carboxylic acids is 1. The summed E-state index contributed by atoms with van der Waals surface area (Å²) in [7, 11) is 0. The average Bonchev–Trinajstić information content (AvgIpc) is 2.46. The van der Waals surface area contributed by atoms with Crippen LogP contribution in [0.25, 0.3) is 0 Å². The van der Waals surface area contributed by atoms with Gasteiger partial charge in [-0.05, 0) is 33.3 Å². The van der Waals surface area contributed by atoms with E-state index in [9.17, 15) is 4.79 Å². The largest absolute Gasteiger partial charge is 0.444 e. The number of hydrogen-bond acceptors (Lipinski definition) is 3. The van der Waals surface area contributed by atoms with Crippen molar-refractivity contribution in [1.82, 2.24) is 15.1 Å². The van der Waals surface area contributed by atoms with E-state index in [-0.39, 0.29) is 6.09 Å². The third-order valence-electron chi connectivity index (χ3n) is 2.84. The molecule has 94 valence electrons. The Hall–Kier alpha value is -1.52. The fraction of sp³-hybridized carbons (Fsp3) is 0.667. The normalized spacial score (nSPS) is 16.8. The molecule has 0 unspecified atom stereocenters. The standard InChI is InChI=1S/C12H19N3O2/c1-8-10(5-13-14-8)9-6-15(7-9)11(16)17-12(2,3)4/h5,9H,6-7H2,1-4H3,(H,13,14). The van der Waals surface area contributed by atoms with E-state index in [1.807, 2.05) is 33.9 Å². The van der Waals surface area contributed by atoms with E-state index < -0.39 is 5.60 Å². The molecule has 0 spiro atoms. The number of H-pyrrole nitrogens is 1. The molecule has 0 aliphatic carbocycles. The topological polar surface area (TPSA) is 58.2 Å². The summed E-state index contributed by atoms with van der Waals surface area (Å²) in [6.07, 6.45) is 1.68. The maximum Gasteiger partial charge on any atom is 0.410 e. The van der Waals surface area contributed by atoms with E-state index in [0.717, 1.165) is 18.8 Å². The van der Waals surface area contributed by atoms with Crippen molar-refractivity contribution < 1.29 is 9.53 Å². The number of amides is 1.